The summed E-state index contributed by atoms with van der Waals surface area (Å²) in [6.45, 7) is 5.57. The van der Waals surface area contributed by atoms with Crippen molar-refractivity contribution in [2.75, 3.05) is 24.6 Å². The SMILES string of the molecule is CCNC(C)c1nnc(N(CCO)C2CCC2)o1. The molecule has 1 aromatic heterocycles. The Kier molecular flexibility index (Phi) is 4.54. The van der Waals surface area contributed by atoms with Crippen molar-refractivity contribution in [2.24, 2.45) is 0 Å². The Balaban J connectivity index is 2.05. The maximum absolute atomic E-state index is 9.12. The van der Waals surface area contributed by atoms with Crippen LogP contribution in [0.25, 0.3) is 0 Å². The fourth-order valence-corrected chi connectivity index (χ4v) is 2.15. The summed E-state index contributed by atoms with van der Waals surface area (Å²) in [4.78, 5) is 2.03. The molecule has 0 saturated heterocycles. The van der Waals surface area contributed by atoms with Crippen molar-refractivity contribution in [3.05, 3.63) is 5.89 Å². The molecule has 2 rings (SSSR count). The van der Waals surface area contributed by atoms with Gasteiger partial charge in [0.15, 0.2) is 0 Å². The fourth-order valence-electron chi connectivity index (χ4n) is 2.15. The molecule has 1 heterocycles. The molecule has 1 aromatic rings. The highest BCUT2D eigenvalue weighted by atomic mass is 16.4. The molecule has 6 heteroatoms. The highest BCUT2D eigenvalue weighted by molar-refractivity contribution is 5.28. The first kappa shape index (κ1) is 13.3. The van der Waals surface area contributed by atoms with Crippen LogP contribution in [0.4, 0.5) is 6.01 Å². The van der Waals surface area contributed by atoms with Crippen LogP contribution in [-0.4, -0.2) is 41.0 Å². The minimum Gasteiger partial charge on any atom is -0.406 e. The summed E-state index contributed by atoms with van der Waals surface area (Å²) in [5, 5.41) is 20.5. The lowest BCUT2D eigenvalue weighted by Gasteiger charge is -2.35. The van der Waals surface area contributed by atoms with Gasteiger partial charge in [0.25, 0.3) is 0 Å². The van der Waals surface area contributed by atoms with Crippen molar-refractivity contribution in [3.8, 4) is 0 Å². The van der Waals surface area contributed by atoms with Gasteiger partial charge in [0.05, 0.1) is 12.6 Å². The van der Waals surface area contributed by atoms with Crippen molar-refractivity contribution in [1.82, 2.24) is 15.5 Å². The summed E-state index contributed by atoms with van der Waals surface area (Å²) < 4.78 is 5.70. The number of aliphatic hydroxyl groups excluding tert-OH is 1. The average molecular weight is 254 g/mol. The van der Waals surface area contributed by atoms with E-state index in [0.717, 1.165) is 19.4 Å². The largest absolute Gasteiger partial charge is 0.406 e. The Bertz CT molecular complexity index is 365. The third-order valence-corrected chi connectivity index (χ3v) is 3.41. The molecule has 0 aliphatic heterocycles. The summed E-state index contributed by atoms with van der Waals surface area (Å²) in [6.07, 6.45) is 3.52. The topological polar surface area (TPSA) is 74.4 Å². The van der Waals surface area contributed by atoms with Crippen molar-refractivity contribution in [2.45, 2.75) is 45.2 Å². The van der Waals surface area contributed by atoms with Gasteiger partial charge in [0, 0.05) is 12.6 Å². The molecule has 1 atom stereocenters. The van der Waals surface area contributed by atoms with Crippen molar-refractivity contribution in [3.63, 3.8) is 0 Å². The second-order valence-corrected chi connectivity index (χ2v) is 4.70. The first-order chi connectivity index (χ1) is 8.76. The van der Waals surface area contributed by atoms with Gasteiger partial charge in [-0.25, -0.2) is 0 Å². The van der Waals surface area contributed by atoms with Crippen LogP contribution in [0.5, 0.6) is 0 Å². The number of anilines is 1. The zero-order valence-corrected chi connectivity index (χ0v) is 11.1. The number of aliphatic hydroxyl groups is 1. The predicted molar refractivity (Wildman–Crippen MR) is 68.5 cm³/mol. The molecule has 0 spiro atoms. The molecule has 6 nitrogen and oxygen atoms in total. The average Bonchev–Trinajstić information content (AvgIpc) is 2.75. The van der Waals surface area contributed by atoms with Crippen LogP contribution in [0.2, 0.25) is 0 Å². The molecule has 1 unspecified atom stereocenters. The zero-order chi connectivity index (χ0) is 13.0. The number of hydrogen-bond donors (Lipinski definition) is 2. The molecule has 0 aromatic carbocycles. The van der Waals surface area contributed by atoms with Gasteiger partial charge in [-0.2, -0.15) is 0 Å². The van der Waals surface area contributed by atoms with Crippen LogP contribution in [-0.2, 0) is 0 Å². The van der Waals surface area contributed by atoms with Gasteiger partial charge in [0.2, 0.25) is 5.89 Å². The van der Waals surface area contributed by atoms with E-state index in [1.807, 2.05) is 18.7 Å². The lowest BCUT2D eigenvalue weighted by atomic mass is 9.92. The number of nitrogens with zero attached hydrogens (tertiary/aromatic N) is 3. The molecule has 18 heavy (non-hydrogen) atoms. The second kappa shape index (κ2) is 6.15. The van der Waals surface area contributed by atoms with Gasteiger partial charge in [0.1, 0.15) is 0 Å². The summed E-state index contributed by atoms with van der Waals surface area (Å²) in [6, 6.07) is 1.04. The molecule has 1 aliphatic carbocycles. The lowest BCUT2D eigenvalue weighted by Crippen LogP contribution is -2.42. The fraction of sp³-hybridized carbons (Fsp3) is 0.833. The summed E-state index contributed by atoms with van der Waals surface area (Å²) in [5.41, 5.74) is 0. The van der Waals surface area contributed by atoms with E-state index in [1.54, 1.807) is 0 Å². The molecule has 1 fully saturated rings. The predicted octanol–water partition coefficient (Wildman–Crippen LogP) is 1.09. The lowest BCUT2D eigenvalue weighted by molar-refractivity contribution is 0.275. The Morgan fingerprint density at radius 1 is 1.50 bits per heavy atom. The maximum atomic E-state index is 9.12. The van der Waals surface area contributed by atoms with Gasteiger partial charge in [-0.05, 0) is 32.7 Å². The van der Waals surface area contributed by atoms with Crippen molar-refractivity contribution >= 4 is 6.01 Å². The summed E-state index contributed by atoms with van der Waals surface area (Å²) in [7, 11) is 0. The van der Waals surface area contributed by atoms with E-state index in [0.29, 0.717) is 24.5 Å². The molecular formula is C12H22N4O2. The minimum absolute atomic E-state index is 0.0635. The molecule has 2 N–H and O–H groups in total. The Morgan fingerprint density at radius 3 is 2.83 bits per heavy atom. The highest BCUT2D eigenvalue weighted by Gasteiger charge is 2.28. The third kappa shape index (κ3) is 2.81. The summed E-state index contributed by atoms with van der Waals surface area (Å²) in [5.74, 6) is 0.606. The van der Waals surface area contributed by atoms with Gasteiger partial charge < -0.3 is 19.7 Å². The standard InChI is InChI=1S/C12H22N4O2/c1-3-13-9(2)11-14-15-12(18-11)16(7-8-17)10-5-4-6-10/h9-10,13,17H,3-8H2,1-2H3. The number of hydrogen-bond acceptors (Lipinski definition) is 6. The first-order valence-corrected chi connectivity index (χ1v) is 6.70. The van der Waals surface area contributed by atoms with Crippen LogP contribution in [0.1, 0.15) is 45.0 Å². The Morgan fingerprint density at radius 2 is 2.28 bits per heavy atom. The van der Waals surface area contributed by atoms with E-state index in [9.17, 15) is 0 Å². The van der Waals surface area contributed by atoms with Crippen molar-refractivity contribution in [1.29, 1.82) is 0 Å². The molecule has 0 bridgehead atoms. The van der Waals surface area contributed by atoms with Gasteiger partial charge >= 0.3 is 6.01 Å². The number of nitrogens with one attached hydrogen (secondary N) is 1. The highest BCUT2D eigenvalue weighted by Crippen LogP contribution is 2.29. The molecular weight excluding hydrogens is 232 g/mol. The van der Waals surface area contributed by atoms with E-state index >= 15 is 0 Å². The van der Waals surface area contributed by atoms with Gasteiger partial charge in [-0.3, -0.25) is 0 Å². The monoisotopic (exact) mass is 254 g/mol. The summed E-state index contributed by atoms with van der Waals surface area (Å²) >= 11 is 0. The number of rotatable bonds is 7. The smallest absolute Gasteiger partial charge is 0.318 e. The third-order valence-electron chi connectivity index (χ3n) is 3.41. The maximum Gasteiger partial charge on any atom is 0.318 e. The molecule has 1 aliphatic rings. The Hall–Kier alpha value is -1.14. The van der Waals surface area contributed by atoms with Crippen LogP contribution >= 0.6 is 0 Å². The molecule has 1 saturated carbocycles. The Labute approximate surface area is 107 Å². The first-order valence-electron chi connectivity index (χ1n) is 6.70. The quantitative estimate of drug-likeness (QED) is 0.758. The van der Waals surface area contributed by atoms with Crippen LogP contribution < -0.4 is 10.2 Å². The molecule has 0 radical (unpaired) electrons. The van der Waals surface area contributed by atoms with Crippen molar-refractivity contribution < 1.29 is 9.52 Å². The van der Waals surface area contributed by atoms with Gasteiger partial charge in [-0.1, -0.05) is 12.0 Å². The molecule has 102 valence electrons. The van der Waals surface area contributed by atoms with E-state index in [-0.39, 0.29) is 12.6 Å². The van der Waals surface area contributed by atoms with E-state index < -0.39 is 0 Å². The van der Waals surface area contributed by atoms with Gasteiger partial charge in [-0.15, -0.1) is 5.10 Å². The second-order valence-electron chi connectivity index (χ2n) is 4.70. The van der Waals surface area contributed by atoms with E-state index in [2.05, 4.69) is 15.5 Å². The molecule has 0 amide bonds. The van der Waals surface area contributed by atoms with Crippen LogP contribution in [0.15, 0.2) is 4.42 Å². The van der Waals surface area contributed by atoms with E-state index in [4.69, 9.17) is 9.52 Å². The number of aromatic nitrogens is 2. The van der Waals surface area contributed by atoms with Crippen LogP contribution in [0.3, 0.4) is 0 Å². The minimum atomic E-state index is 0.0635. The van der Waals surface area contributed by atoms with Crippen LogP contribution in [0, 0.1) is 0 Å². The normalized spacial score (nSPS) is 17.5. The van der Waals surface area contributed by atoms with E-state index in [1.165, 1.54) is 6.42 Å². The zero-order valence-electron chi connectivity index (χ0n) is 11.1.